The Hall–Kier alpha value is -1.59. The maximum atomic E-state index is 6.05. The normalized spacial score (nSPS) is 11.1. The van der Waals surface area contributed by atoms with Gasteiger partial charge in [0.15, 0.2) is 5.58 Å². The number of hydrogen-bond donors (Lipinski definition) is 0. The van der Waals surface area contributed by atoms with Crippen LogP contribution in [0.15, 0.2) is 38.9 Å². The molecule has 0 aliphatic rings. The summed E-state index contributed by atoms with van der Waals surface area (Å²) in [5, 5.41) is 1.79. The van der Waals surface area contributed by atoms with Crippen molar-refractivity contribution in [2.24, 2.45) is 0 Å². The van der Waals surface area contributed by atoms with Gasteiger partial charge >= 0.3 is 0 Å². The Labute approximate surface area is 119 Å². The smallest absolute Gasteiger partial charge is 0.263 e. The molecule has 19 heavy (non-hydrogen) atoms. The van der Waals surface area contributed by atoms with Crippen molar-refractivity contribution in [2.75, 3.05) is 0 Å². The minimum Gasteiger partial charge on any atom is -0.431 e. The number of aryl methyl sites for hydroxylation is 1. The molecule has 0 fully saturated rings. The summed E-state index contributed by atoms with van der Waals surface area (Å²) >= 11 is 7.40. The van der Waals surface area contributed by atoms with E-state index in [9.17, 15) is 0 Å². The second-order valence-corrected chi connectivity index (χ2v) is 5.34. The molecule has 0 aliphatic carbocycles. The van der Waals surface area contributed by atoms with Gasteiger partial charge < -0.3 is 4.42 Å². The lowest BCUT2D eigenvalue weighted by atomic mass is 10.3. The highest BCUT2D eigenvalue weighted by atomic mass is 35.5. The van der Waals surface area contributed by atoms with Crippen molar-refractivity contribution in [2.45, 2.75) is 24.1 Å². The fourth-order valence-corrected chi connectivity index (χ4v) is 2.78. The fourth-order valence-electron chi connectivity index (χ4n) is 1.65. The zero-order chi connectivity index (χ0) is 13.4. The van der Waals surface area contributed by atoms with Gasteiger partial charge in [-0.25, -0.2) is 15.0 Å². The monoisotopic (exact) mass is 291 g/mol. The number of benzene rings is 1. The number of para-hydroxylation sites is 2. The molecule has 1 aromatic carbocycles. The van der Waals surface area contributed by atoms with E-state index in [0.29, 0.717) is 16.2 Å². The molecular formula is C13H10ClN3OS. The second kappa shape index (κ2) is 4.83. The molecule has 3 rings (SSSR count). The lowest BCUT2D eigenvalue weighted by Gasteiger charge is -2.04. The highest BCUT2D eigenvalue weighted by Crippen LogP contribution is 2.32. The summed E-state index contributed by atoms with van der Waals surface area (Å²) in [6.45, 7) is 3.69. The van der Waals surface area contributed by atoms with Crippen molar-refractivity contribution in [1.82, 2.24) is 15.0 Å². The van der Waals surface area contributed by atoms with Crippen LogP contribution in [-0.4, -0.2) is 15.0 Å². The van der Waals surface area contributed by atoms with Crippen LogP contribution in [0.4, 0.5) is 0 Å². The molecule has 0 bridgehead atoms. The molecule has 3 aromatic rings. The SMILES string of the molecule is Cc1nc(Cl)c(C)c(Sc2nc3ccccc3o2)n1. The van der Waals surface area contributed by atoms with Crippen LogP contribution >= 0.6 is 23.4 Å². The summed E-state index contributed by atoms with van der Waals surface area (Å²) < 4.78 is 5.66. The van der Waals surface area contributed by atoms with Crippen LogP contribution in [0.3, 0.4) is 0 Å². The predicted octanol–water partition coefficient (Wildman–Crippen LogP) is 4.04. The van der Waals surface area contributed by atoms with Crippen LogP contribution < -0.4 is 0 Å². The largest absolute Gasteiger partial charge is 0.431 e. The Kier molecular flexibility index (Phi) is 3.16. The molecule has 0 spiro atoms. The lowest BCUT2D eigenvalue weighted by Crippen LogP contribution is -1.95. The first kappa shape index (κ1) is 12.4. The maximum Gasteiger partial charge on any atom is 0.263 e. The molecule has 96 valence electrons. The second-order valence-electron chi connectivity index (χ2n) is 4.04. The molecule has 2 aromatic heterocycles. The Morgan fingerprint density at radius 3 is 2.68 bits per heavy atom. The summed E-state index contributed by atoms with van der Waals surface area (Å²) in [4.78, 5) is 12.9. The third-order valence-corrected chi connectivity index (χ3v) is 3.92. The number of nitrogens with zero attached hydrogens (tertiary/aromatic N) is 3. The van der Waals surface area contributed by atoms with Crippen LogP contribution in [0.1, 0.15) is 11.4 Å². The predicted molar refractivity (Wildman–Crippen MR) is 74.6 cm³/mol. The van der Waals surface area contributed by atoms with E-state index in [4.69, 9.17) is 16.0 Å². The average Bonchev–Trinajstić information content (AvgIpc) is 2.77. The van der Waals surface area contributed by atoms with Crippen molar-refractivity contribution < 1.29 is 4.42 Å². The van der Waals surface area contributed by atoms with Crippen molar-refractivity contribution >= 4 is 34.5 Å². The molecule has 0 atom stereocenters. The van der Waals surface area contributed by atoms with E-state index >= 15 is 0 Å². The van der Waals surface area contributed by atoms with E-state index < -0.39 is 0 Å². The van der Waals surface area contributed by atoms with Gasteiger partial charge in [0, 0.05) is 5.56 Å². The zero-order valence-corrected chi connectivity index (χ0v) is 11.9. The van der Waals surface area contributed by atoms with Crippen molar-refractivity contribution in [3.63, 3.8) is 0 Å². The minimum absolute atomic E-state index is 0.464. The molecule has 0 radical (unpaired) electrons. The molecule has 0 aliphatic heterocycles. The molecule has 0 N–H and O–H groups in total. The van der Waals surface area contributed by atoms with E-state index in [0.717, 1.165) is 21.7 Å². The van der Waals surface area contributed by atoms with Crippen LogP contribution in [0.2, 0.25) is 5.15 Å². The average molecular weight is 292 g/mol. The maximum absolute atomic E-state index is 6.05. The third-order valence-electron chi connectivity index (χ3n) is 2.61. The summed E-state index contributed by atoms with van der Waals surface area (Å²) in [5.41, 5.74) is 2.43. The first-order chi connectivity index (χ1) is 9.13. The first-order valence-electron chi connectivity index (χ1n) is 5.67. The van der Waals surface area contributed by atoms with Crippen LogP contribution in [-0.2, 0) is 0 Å². The van der Waals surface area contributed by atoms with Gasteiger partial charge in [-0.15, -0.1) is 0 Å². The highest BCUT2D eigenvalue weighted by molar-refractivity contribution is 7.99. The standard InChI is InChI=1S/C13H10ClN3OS/c1-7-11(14)15-8(2)16-12(7)19-13-17-9-5-3-4-6-10(9)18-13/h3-6H,1-2H3. The minimum atomic E-state index is 0.464. The van der Waals surface area contributed by atoms with Crippen LogP contribution in [0.25, 0.3) is 11.1 Å². The first-order valence-corrected chi connectivity index (χ1v) is 6.87. The zero-order valence-electron chi connectivity index (χ0n) is 10.3. The Morgan fingerprint density at radius 1 is 1.11 bits per heavy atom. The number of rotatable bonds is 2. The Morgan fingerprint density at radius 2 is 1.89 bits per heavy atom. The van der Waals surface area contributed by atoms with Crippen molar-refractivity contribution in [1.29, 1.82) is 0 Å². The quantitative estimate of drug-likeness (QED) is 0.667. The summed E-state index contributed by atoms with van der Waals surface area (Å²) in [7, 11) is 0. The number of hydrogen-bond acceptors (Lipinski definition) is 5. The molecular weight excluding hydrogens is 282 g/mol. The lowest BCUT2D eigenvalue weighted by molar-refractivity contribution is 0.489. The highest BCUT2D eigenvalue weighted by Gasteiger charge is 2.13. The van der Waals surface area contributed by atoms with Crippen molar-refractivity contribution in [3.05, 3.63) is 40.8 Å². The van der Waals surface area contributed by atoms with Gasteiger partial charge in [-0.05, 0) is 37.7 Å². The van der Waals surface area contributed by atoms with E-state index in [1.807, 2.05) is 31.2 Å². The van der Waals surface area contributed by atoms with E-state index in [-0.39, 0.29) is 0 Å². The van der Waals surface area contributed by atoms with Gasteiger partial charge in [0.1, 0.15) is 21.5 Å². The number of oxazole rings is 1. The van der Waals surface area contributed by atoms with Gasteiger partial charge in [-0.2, -0.15) is 0 Å². The molecule has 0 saturated heterocycles. The topological polar surface area (TPSA) is 51.8 Å². The summed E-state index contributed by atoms with van der Waals surface area (Å²) in [6, 6.07) is 7.64. The van der Waals surface area contributed by atoms with Gasteiger partial charge in [0.05, 0.1) is 0 Å². The van der Waals surface area contributed by atoms with E-state index in [1.165, 1.54) is 11.8 Å². The van der Waals surface area contributed by atoms with E-state index in [2.05, 4.69) is 15.0 Å². The molecule has 0 saturated carbocycles. The Bertz CT molecular complexity index is 724. The molecule has 4 nitrogen and oxygen atoms in total. The molecule has 6 heteroatoms. The van der Waals surface area contributed by atoms with Gasteiger partial charge in [0.2, 0.25) is 0 Å². The van der Waals surface area contributed by atoms with Gasteiger partial charge in [0.25, 0.3) is 5.22 Å². The Balaban J connectivity index is 2.01. The third kappa shape index (κ3) is 2.43. The molecule has 0 amide bonds. The van der Waals surface area contributed by atoms with Gasteiger partial charge in [-0.3, -0.25) is 0 Å². The number of aromatic nitrogens is 3. The van der Waals surface area contributed by atoms with Crippen molar-refractivity contribution in [3.8, 4) is 0 Å². The fraction of sp³-hybridized carbons (Fsp3) is 0.154. The van der Waals surface area contributed by atoms with Gasteiger partial charge in [-0.1, -0.05) is 23.7 Å². The van der Waals surface area contributed by atoms with Crippen LogP contribution in [0, 0.1) is 13.8 Å². The number of fused-ring (bicyclic) bond motifs is 1. The van der Waals surface area contributed by atoms with E-state index in [1.54, 1.807) is 6.92 Å². The number of halogens is 1. The molecule has 2 heterocycles. The summed E-state index contributed by atoms with van der Waals surface area (Å²) in [6.07, 6.45) is 0. The van der Waals surface area contributed by atoms with Crippen LogP contribution in [0.5, 0.6) is 0 Å². The summed E-state index contributed by atoms with van der Waals surface area (Å²) in [5.74, 6) is 0.634. The molecule has 0 unspecified atom stereocenters.